The van der Waals surface area contributed by atoms with Crippen LogP contribution in [0.5, 0.6) is 0 Å². The standard InChI is InChI=1S/C39H39F2N5O3/c1-21-16-24-20-32(46-15-7-8-28(38(24)46)34-22(2)17-31-37(35(21)34)43-23(3)45(31)4)39(48)25-18-29(40)36(30(41)19-25)44-33(47)9-6-14-42-26-10-12-27(49-5)13-11-26/h6-9,15,17-20,26-27,42H,1,10-14,16H2,2-5H3,(H,44,47)/b9-6+/t26-,27-. The molecule has 1 fully saturated rings. The van der Waals surface area contributed by atoms with E-state index >= 15 is 8.78 Å². The Kier molecular flexibility index (Phi) is 8.54. The van der Waals surface area contributed by atoms with Crippen LogP contribution in [0.2, 0.25) is 0 Å². The van der Waals surface area contributed by atoms with Crippen molar-refractivity contribution >= 4 is 39.5 Å². The van der Waals surface area contributed by atoms with Gasteiger partial charge in [-0.15, -0.1) is 0 Å². The van der Waals surface area contributed by atoms with Crippen molar-refractivity contribution in [1.29, 1.82) is 0 Å². The number of benzene rings is 2. The molecule has 1 amide bonds. The van der Waals surface area contributed by atoms with Crippen molar-refractivity contribution in [3.8, 4) is 11.1 Å². The minimum atomic E-state index is -1.03. The minimum absolute atomic E-state index is 0.162. The van der Waals surface area contributed by atoms with Crippen LogP contribution in [0.3, 0.4) is 0 Å². The zero-order valence-corrected chi connectivity index (χ0v) is 28.1. The van der Waals surface area contributed by atoms with Gasteiger partial charge in [0.15, 0.2) is 0 Å². The lowest BCUT2D eigenvalue weighted by atomic mass is 9.91. The van der Waals surface area contributed by atoms with Gasteiger partial charge in [0.1, 0.15) is 23.1 Å². The normalized spacial score (nSPS) is 17.6. The van der Waals surface area contributed by atoms with Gasteiger partial charge in [0.25, 0.3) is 0 Å². The molecule has 5 aromatic rings. The van der Waals surface area contributed by atoms with Gasteiger partial charge in [-0.3, -0.25) is 9.59 Å². The highest BCUT2D eigenvalue weighted by atomic mass is 19.1. The number of allylic oxidation sites excluding steroid dienone is 1. The van der Waals surface area contributed by atoms with Gasteiger partial charge in [-0.1, -0.05) is 18.7 Å². The number of aryl methyl sites for hydroxylation is 3. The van der Waals surface area contributed by atoms with Gasteiger partial charge in [0, 0.05) is 55.7 Å². The SMILES string of the molecule is C=C1Cc2cc(C(=O)c3cc(F)c(NC(=O)/C=C/CN[C@H]4CC[C@H](OC)CC4)c(F)c3)n3cccc(c23)-c2c(C)cc3c(nc(C)n3C)c21. The van der Waals surface area contributed by atoms with Crippen LogP contribution in [0.15, 0.2) is 61.3 Å². The van der Waals surface area contributed by atoms with Gasteiger partial charge in [-0.05, 0) is 98.5 Å². The summed E-state index contributed by atoms with van der Waals surface area (Å²) in [6.07, 6.45) is 9.36. The fourth-order valence-corrected chi connectivity index (χ4v) is 7.47. The van der Waals surface area contributed by atoms with E-state index < -0.39 is 29.0 Å². The zero-order chi connectivity index (χ0) is 34.6. The molecule has 2 aromatic carbocycles. The average Bonchev–Trinajstić information content (AvgIpc) is 3.55. The Balaban J connectivity index is 1.14. The second kappa shape index (κ2) is 12.8. The van der Waals surface area contributed by atoms with Crippen LogP contribution in [0.25, 0.3) is 33.3 Å². The Hall–Kier alpha value is -4.93. The molecule has 3 heterocycles. The Bertz CT molecular complexity index is 2180. The first-order valence-electron chi connectivity index (χ1n) is 16.6. The maximum Gasteiger partial charge on any atom is 0.248 e. The lowest BCUT2D eigenvalue weighted by Crippen LogP contribution is -2.35. The van der Waals surface area contributed by atoms with E-state index in [1.165, 1.54) is 6.08 Å². The van der Waals surface area contributed by atoms with Crippen LogP contribution in [0, 0.1) is 25.5 Å². The Morgan fingerprint density at radius 1 is 1.08 bits per heavy atom. The molecule has 252 valence electrons. The van der Waals surface area contributed by atoms with Gasteiger partial charge in [-0.2, -0.15) is 0 Å². The number of rotatable bonds is 8. The van der Waals surface area contributed by atoms with E-state index in [-0.39, 0.29) is 11.3 Å². The molecule has 0 spiro atoms. The van der Waals surface area contributed by atoms with E-state index in [1.807, 2.05) is 26.1 Å². The second-order valence-corrected chi connectivity index (χ2v) is 13.2. The lowest BCUT2D eigenvalue weighted by molar-refractivity contribution is -0.112. The number of aromatic nitrogens is 3. The van der Waals surface area contributed by atoms with Crippen molar-refractivity contribution in [2.75, 3.05) is 19.0 Å². The third kappa shape index (κ3) is 5.78. The number of carbonyl (C=O) groups is 2. The van der Waals surface area contributed by atoms with Crippen LogP contribution >= 0.6 is 0 Å². The highest BCUT2D eigenvalue weighted by molar-refractivity contribution is 6.11. The molecule has 8 nitrogen and oxygen atoms in total. The molecule has 7 rings (SSSR count). The molecule has 0 aliphatic heterocycles. The van der Waals surface area contributed by atoms with Crippen molar-refractivity contribution in [1.82, 2.24) is 19.3 Å². The largest absolute Gasteiger partial charge is 0.381 e. The maximum absolute atomic E-state index is 15.3. The summed E-state index contributed by atoms with van der Waals surface area (Å²) in [5.41, 5.74) is 8.02. The Morgan fingerprint density at radius 3 is 2.53 bits per heavy atom. The predicted molar refractivity (Wildman–Crippen MR) is 188 cm³/mol. The topological polar surface area (TPSA) is 89.7 Å². The lowest BCUT2D eigenvalue weighted by Gasteiger charge is -2.27. The molecule has 0 bridgehead atoms. The number of halogens is 2. The van der Waals surface area contributed by atoms with Crippen molar-refractivity contribution in [3.63, 3.8) is 0 Å². The summed E-state index contributed by atoms with van der Waals surface area (Å²) in [6, 6.07) is 10.1. The molecular formula is C39H39F2N5O3. The molecule has 49 heavy (non-hydrogen) atoms. The molecule has 0 unspecified atom stereocenters. The van der Waals surface area contributed by atoms with E-state index in [1.54, 1.807) is 29.8 Å². The number of amides is 1. The van der Waals surface area contributed by atoms with Gasteiger partial charge in [-0.25, -0.2) is 13.8 Å². The van der Waals surface area contributed by atoms with E-state index in [0.29, 0.717) is 25.1 Å². The number of carbonyl (C=O) groups excluding carboxylic acids is 2. The predicted octanol–water partition coefficient (Wildman–Crippen LogP) is 7.23. The van der Waals surface area contributed by atoms with Crippen LogP contribution < -0.4 is 10.6 Å². The molecule has 2 aliphatic rings. The number of ether oxygens (including phenoxy) is 1. The molecule has 2 N–H and O–H groups in total. The Labute approximate surface area is 283 Å². The number of ketones is 1. The van der Waals surface area contributed by atoms with Gasteiger partial charge in [0.05, 0.1) is 28.3 Å². The summed E-state index contributed by atoms with van der Waals surface area (Å²) in [5.74, 6) is -2.38. The number of hydrogen-bond acceptors (Lipinski definition) is 5. The van der Waals surface area contributed by atoms with E-state index in [9.17, 15) is 9.59 Å². The monoisotopic (exact) mass is 663 g/mol. The zero-order valence-electron chi connectivity index (χ0n) is 28.1. The highest BCUT2D eigenvalue weighted by Crippen LogP contribution is 2.44. The molecule has 2 aliphatic carbocycles. The quantitative estimate of drug-likeness (QED) is 0.135. The minimum Gasteiger partial charge on any atom is -0.381 e. The molecule has 10 heteroatoms. The highest BCUT2D eigenvalue weighted by Gasteiger charge is 2.29. The first-order chi connectivity index (χ1) is 23.5. The van der Waals surface area contributed by atoms with Crippen LogP contribution in [0.4, 0.5) is 14.5 Å². The number of fused-ring (bicyclic) bond motifs is 4. The van der Waals surface area contributed by atoms with Crippen LogP contribution in [0.1, 0.15) is 64.2 Å². The smallest absolute Gasteiger partial charge is 0.248 e. The van der Waals surface area contributed by atoms with E-state index in [0.717, 1.165) is 93.6 Å². The number of pyridine rings is 1. The first-order valence-corrected chi connectivity index (χ1v) is 16.6. The van der Waals surface area contributed by atoms with Crippen LogP contribution in [-0.4, -0.2) is 51.4 Å². The number of hydrogen-bond donors (Lipinski definition) is 2. The summed E-state index contributed by atoms with van der Waals surface area (Å²) in [7, 11) is 3.72. The molecular weight excluding hydrogens is 624 g/mol. The second-order valence-electron chi connectivity index (χ2n) is 13.2. The van der Waals surface area contributed by atoms with Gasteiger partial charge in [0.2, 0.25) is 11.7 Å². The summed E-state index contributed by atoms with van der Waals surface area (Å²) < 4.78 is 39.8. The molecule has 3 aromatic heterocycles. The van der Waals surface area contributed by atoms with E-state index in [2.05, 4.69) is 34.8 Å². The van der Waals surface area contributed by atoms with Gasteiger partial charge >= 0.3 is 0 Å². The van der Waals surface area contributed by atoms with Crippen molar-refractivity contribution in [2.24, 2.45) is 7.05 Å². The number of methoxy groups -OCH3 is 1. The summed E-state index contributed by atoms with van der Waals surface area (Å²) in [5, 5.41) is 5.66. The van der Waals surface area contributed by atoms with Crippen LogP contribution in [-0.2, 0) is 23.0 Å². The number of nitrogens with one attached hydrogen (secondary N) is 2. The molecule has 1 saturated carbocycles. The summed E-state index contributed by atoms with van der Waals surface area (Å²) >= 11 is 0. The number of nitrogens with zero attached hydrogens (tertiary/aromatic N) is 3. The Morgan fingerprint density at radius 2 is 1.82 bits per heavy atom. The third-order valence-corrected chi connectivity index (χ3v) is 10.1. The van der Waals surface area contributed by atoms with E-state index in [4.69, 9.17) is 9.72 Å². The van der Waals surface area contributed by atoms with Gasteiger partial charge < -0.3 is 24.3 Å². The third-order valence-electron chi connectivity index (χ3n) is 10.1. The maximum atomic E-state index is 15.3. The van der Waals surface area contributed by atoms with Crippen molar-refractivity contribution < 1.29 is 23.1 Å². The summed E-state index contributed by atoms with van der Waals surface area (Å²) in [6.45, 7) is 8.93. The van der Waals surface area contributed by atoms with Crippen molar-refractivity contribution in [2.45, 2.75) is 58.1 Å². The first kappa shape index (κ1) is 32.6. The average molecular weight is 664 g/mol. The number of anilines is 1. The van der Waals surface area contributed by atoms with Crippen molar-refractivity contribution in [3.05, 3.63) is 107 Å². The molecule has 0 radical (unpaired) electrons. The number of imidazole rings is 1. The fourth-order valence-electron chi connectivity index (χ4n) is 7.47. The molecule has 0 atom stereocenters. The fraction of sp³-hybridized carbons (Fsp3) is 0.308. The summed E-state index contributed by atoms with van der Waals surface area (Å²) in [4.78, 5) is 31.3. The molecule has 0 saturated heterocycles.